The molecule has 1 heterocycles. The van der Waals surface area contributed by atoms with Crippen LogP contribution in [0.5, 0.6) is 0 Å². The first kappa shape index (κ1) is 22.6. The molecule has 0 unspecified atom stereocenters. The molecule has 0 aliphatic rings. The Morgan fingerprint density at radius 3 is 2.45 bits per heavy atom. The van der Waals surface area contributed by atoms with Gasteiger partial charge in [-0.1, -0.05) is 38.1 Å². The Morgan fingerprint density at radius 2 is 1.77 bits per heavy atom. The molecule has 3 rings (SSSR count). The second kappa shape index (κ2) is 10.8. The van der Waals surface area contributed by atoms with E-state index in [4.69, 9.17) is 4.42 Å². The molecule has 0 saturated heterocycles. The molecule has 31 heavy (non-hydrogen) atoms. The number of aryl methyl sites for hydroxylation is 1. The predicted molar refractivity (Wildman–Crippen MR) is 115 cm³/mol. The van der Waals surface area contributed by atoms with Crippen molar-refractivity contribution in [2.75, 3.05) is 13.1 Å². The molecular weight excluding hydrogens is 400 g/mol. The van der Waals surface area contributed by atoms with E-state index in [1.54, 1.807) is 0 Å². The highest BCUT2D eigenvalue weighted by Gasteiger charge is 2.13. The van der Waals surface area contributed by atoms with Gasteiger partial charge in [0.05, 0.1) is 11.8 Å². The Bertz CT molecular complexity index is 998. The van der Waals surface area contributed by atoms with E-state index in [1.807, 2.05) is 12.1 Å². The minimum atomic E-state index is -0.719. The van der Waals surface area contributed by atoms with Gasteiger partial charge in [-0.2, -0.15) is 0 Å². The number of benzene rings is 2. The molecule has 164 valence electrons. The SMILES string of the molecule is CCN(CC)Cc1ccc(CNC(=O)CCc2ncc(-c3ccc(F)cc3F)o2)cc1. The molecule has 0 atom stereocenters. The van der Waals surface area contributed by atoms with Gasteiger partial charge in [-0.05, 0) is 36.3 Å². The third kappa shape index (κ3) is 6.46. The largest absolute Gasteiger partial charge is 0.441 e. The quantitative estimate of drug-likeness (QED) is 0.509. The number of aromatic nitrogens is 1. The van der Waals surface area contributed by atoms with Crippen LogP contribution in [0.25, 0.3) is 11.3 Å². The van der Waals surface area contributed by atoms with Crippen molar-refractivity contribution in [2.45, 2.75) is 39.8 Å². The molecule has 1 amide bonds. The van der Waals surface area contributed by atoms with Gasteiger partial charge in [0, 0.05) is 32.0 Å². The summed E-state index contributed by atoms with van der Waals surface area (Å²) in [5.41, 5.74) is 2.41. The van der Waals surface area contributed by atoms with Crippen LogP contribution in [0.15, 0.2) is 53.1 Å². The van der Waals surface area contributed by atoms with Crippen molar-refractivity contribution in [3.8, 4) is 11.3 Å². The average Bonchev–Trinajstić information content (AvgIpc) is 3.24. The molecule has 5 nitrogen and oxygen atoms in total. The number of nitrogens with one attached hydrogen (secondary N) is 1. The van der Waals surface area contributed by atoms with Crippen molar-refractivity contribution < 1.29 is 18.0 Å². The standard InChI is InChI=1S/C24H27F2N3O2/c1-3-29(4-2)16-18-7-5-17(6-8-18)14-27-23(30)11-12-24-28-15-22(31-24)20-10-9-19(25)13-21(20)26/h5-10,13,15H,3-4,11-12,14,16H2,1-2H3,(H,27,30). The summed E-state index contributed by atoms with van der Waals surface area (Å²) in [4.78, 5) is 18.6. The van der Waals surface area contributed by atoms with Crippen LogP contribution in [0.4, 0.5) is 8.78 Å². The molecular formula is C24H27F2N3O2. The van der Waals surface area contributed by atoms with Gasteiger partial charge in [0.2, 0.25) is 5.91 Å². The fraction of sp³-hybridized carbons (Fsp3) is 0.333. The van der Waals surface area contributed by atoms with Gasteiger partial charge < -0.3 is 9.73 Å². The molecule has 1 aromatic heterocycles. The lowest BCUT2D eigenvalue weighted by Gasteiger charge is -2.18. The first-order chi connectivity index (χ1) is 15.0. The van der Waals surface area contributed by atoms with Crippen molar-refractivity contribution >= 4 is 5.91 Å². The summed E-state index contributed by atoms with van der Waals surface area (Å²) in [5, 5.41) is 2.89. The van der Waals surface area contributed by atoms with E-state index < -0.39 is 11.6 Å². The molecule has 2 aromatic carbocycles. The van der Waals surface area contributed by atoms with E-state index in [2.05, 4.69) is 41.2 Å². The summed E-state index contributed by atoms with van der Waals surface area (Å²) < 4.78 is 32.4. The van der Waals surface area contributed by atoms with Crippen molar-refractivity contribution in [2.24, 2.45) is 0 Å². The van der Waals surface area contributed by atoms with Gasteiger partial charge in [-0.3, -0.25) is 9.69 Å². The van der Waals surface area contributed by atoms with Crippen LogP contribution in [-0.2, 0) is 24.3 Å². The fourth-order valence-electron chi connectivity index (χ4n) is 3.22. The lowest BCUT2D eigenvalue weighted by molar-refractivity contribution is -0.121. The number of nitrogens with zero attached hydrogens (tertiary/aromatic N) is 2. The molecule has 0 radical (unpaired) electrons. The highest BCUT2D eigenvalue weighted by Crippen LogP contribution is 2.24. The number of rotatable bonds is 10. The molecule has 0 saturated carbocycles. The highest BCUT2D eigenvalue weighted by atomic mass is 19.1. The number of hydrogen-bond acceptors (Lipinski definition) is 4. The Hall–Kier alpha value is -3.06. The first-order valence-corrected chi connectivity index (χ1v) is 10.5. The van der Waals surface area contributed by atoms with E-state index >= 15 is 0 Å². The monoisotopic (exact) mass is 427 g/mol. The maximum atomic E-state index is 13.9. The summed E-state index contributed by atoms with van der Waals surface area (Å²) in [6.07, 6.45) is 1.87. The molecule has 7 heteroatoms. The van der Waals surface area contributed by atoms with Gasteiger partial charge in [-0.25, -0.2) is 13.8 Å². The maximum Gasteiger partial charge on any atom is 0.220 e. The third-order valence-electron chi connectivity index (χ3n) is 5.13. The minimum absolute atomic E-state index is 0.125. The fourth-order valence-corrected chi connectivity index (χ4v) is 3.22. The molecule has 0 aliphatic heterocycles. The molecule has 1 N–H and O–H groups in total. The number of carbonyl (C=O) groups excluding carboxylic acids is 1. The average molecular weight is 427 g/mol. The normalized spacial score (nSPS) is 11.1. The molecule has 0 aliphatic carbocycles. The lowest BCUT2D eigenvalue weighted by Crippen LogP contribution is -2.23. The van der Waals surface area contributed by atoms with Crippen LogP contribution in [-0.4, -0.2) is 28.9 Å². The summed E-state index contributed by atoms with van der Waals surface area (Å²) >= 11 is 0. The number of hydrogen-bond donors (Lipinski definition) is 1. The summed E-state index contributed by atoms with van der Waals surface area (Å²) in [7, 11) is 0. The smallest absolute Gasteiger partial charge is 0.220 e. The minimum Gasteiger partial charge on any atom is -0.441 e. The zero-order chi connectivity index (χ0) is 22.2. The van der Waals surface area contributed by atoms with Crippen LogP contribution in [0.1, 0.15) is 37.3 Å². The first-order valence-electron chi connectivity index (χ1n) is 10.5. The van der Waals surface area contributed by atoms with Crippen LogP contribution in [0.3, 0.4) is 0 Å². The van der Waals surface area contributed by atoms with Crippen LogP contribution in [0, 0.1) is 11.6 Å². The Kier molecular flexibility index (Phi) is 7.89. The number of carbonyl (C=O) groups is 1. The third-order valence-corrected chi connectivity index (χ3v) is 5.13. The van der Waals surface area contributed by atoms with Gasteiger partial charge in [0.25, 0.3) is 0 Å². The topological polar surface area (TPSA) is 58.4 Å². The lowest BCUT2D eigenvalue weighted by atomic mass is 10.1. The van der Waals surface area contributed by atoms with Crippen LogP contribution < -0.4 is 5.32 Å². The van der Waals surface area contributed by atoms with Gasteiger partial charge >= 0.3 is 0 Å². The van der Waals surface area contributed by atoms with E-state index in [1.165, 1.54) is 17.8 Å². The van der Waals surface area contributed by atoms with E-state index in [0.29, 0.717) is 12.4 Å². The van der Waals surface area contributed by atoms with Crippen LogP contribution in [0.2, 0.25) is 0 Å². The summed E-state index contributed by atoms with van der Waals surface area (Å²) in [6, 6.07) is 11.5. The van der Waals surface area contributed by atoms with Gasteiger partial charge in [0.15, 0.2) is 11.7 Å². The zero-order valence-electron chi connectivity index (χ0n) is 17.8. The number of halogens is 2. The molecule has 3 aromatic rings. The van der Waals surface area contributed by atoms with Crippen molar-refractivity contribution in [1.82, 2.24) is 15.2 Å². The Balaban J connectivity index is 1.46. The predicted octanol–water partition coefficient (Wildman–Crippen LogP) is 4.71. The van der Waals surface area contributed by atoms with Crippen molar-refractivity contribution in [3.63, 3.8) is 0 Å². The highest BCUT2D eigenvalue weighted by molar-refractivity contribution is 5.76. The number of oxazole rings is 1. The number of amides is 1. The molecule has 0 fully saturated rings. The van der Waals surface area contributed by atoms with E-state index in [0.717, 1.165) is 37.3 Å². The Labute approximate surface area is 181 Å². The van der Waals surface area contributed by atoms with Crippen molar-refractivity contribution in [1.29, 1.82) is 0 Å². The maximum absolute atomic E-state index is 13.9. The van der Waals surface area contributed by atoms with Gasteiger partial charge in [0.1, 0.15) is 11.6 Å². The van der Waals surface area contributed by atoms with E-state index in [9.17, 15) is 13.6 Å². The molecule has 0 spiro atoms. The second-order valence-corrected chi connectivity index (χ2v) is 7.30. The zero-order valence-corrected chi connectivity index (χ0v) is 17.8. The summed E-state index contributed by atoms with van der Waals surface area (Å²) in [6.45, 7) is 7.68. The van der Waals surface area contributed by atoms with Crippen molar-refractivity contribution in [3.05, 3.63) is 77.3 Å². The van der Waals surface area contributed by atoms with Crippen LogP contribution >= 0.6 is 0 Å². The van der Waals surface area contributed by atoms with Gasteiger partial charge in [-0.15, -0.1) is 0 Å². The molecule has 0 bridgehead atoms. The Morgan fingerprint density at radius 1 is 1.06 bits per heavy atom. The second-order valence-electron chi connectivity index (χ2n) is 7.30. The summed E-state index contributed by atoms with van der Waals surface area (Å²) in [5.74, 6) is -0.966. The van der Waals surface area contributed by atoms with E-state index in [-0.39, 0.29) is 30.1 Å².